The lowest BCUT2D eigenvalue weighted by Crippen LogP contribution is -2.35. The summed E-state index contributed by atoms with van der Waals surface area (Å²) in [6.45, 7) is 1.13. The SMILES string of the molecule is O=C(Nc1ccc(S(=O)(=O)N2CCCCC2)cc1)c1ccc2nc[nH]c2c1. The largest absolute Gasteiger partial charge is 0.345 e. The predicted octanol–water partition coefficient (Wildman–Crippen LogP) is 2.99. The number of hydrogen-bond acceptors (Lipinski definition) is 4. The molecule has 1 amide bonds. The van der Waals surface area contributed by atoms with Gasteiger partial charge in [-0.15, -0.1) is 0 Å². The molecule has 2 N–H and O–H groups in total. The molecule has 0 radical (unpaired) electrons. The van der Waals surface area contributed by atoms with Crippen LogP contribution in [0.1, 0.15) is 29.6 Å². The number of imidazole rings is 1. The monoisotopic (exact) mass is 384 g/mol. The zero-order valence-corrected chi connectivity index (χ0v) is 15.5. The maximum absolute atomic E-state index is 12.7. The van der Waals surface area contributed by atoms with E-state index in [2.05, 4.69) is 15.3 Å². The van der Waals surface area contributed by atoms with Crippen LogP contribution in [-0.2, 0) is 10.0 Å². The molecule has 2 aromatic carbocycles. The number of carbonyl (C=O) groups excluding carboxylic acids is 1. The van der Waals surface area contributed by atoms with E-state index < -0.39 is 10.0 Å². The van der Waals surface area contributed by atoms with E-state index in [0.29, 0.717) is 24.3 Å². The average molecular weight is 384 g/mol. The highest BCUT2D eigenvalue weighted by Gasteiger charge is 2.25. The van der Waals surface area contributed by atoms with Crippen LogP contribution >= 0.6 is 0 Å². The van der Waals surface area contributed by atoms with Gasteiger partial charge in [-0.2, -0.15) is 4.31 Å². The van der Waals surface area contributed by atoms with E-state index in [4.69, 9.17) is 0 Å². The number of rotatable bonds is 4. The highest BCUT2D eigenvalue weighted by atomic mass is 32.2. The van der Waals surface area contributed by atoms with Gasteiger partial charge in [-0.3, -0.25) is 4.79 Å². The molecule has 1 aromatic heterocycles. The molecule has 2 heterocycles. The summed E-state index contributed by atoms with van der Waals surface area (Å²) in [5.74, 6) is -0.266. The minimum absolute atomic E-state index is 0.251. The molecule has 1 aliphatic rings. The molecule has 3 aromatic rings. The van der Waals surface area contributed by atoms with Gasteiger partial charge >= 0.3 is 0 Å². The topological polar surface area (TPSA) is 95.2 Å². The number of sulfonamides is 1. The van der Waals surface area contributed by atoms with Gasteiger partial charge in [-0.05, 0) is 55.3 Å². The number of carbonyl (C=O) groups is 1. The van der Waals surface area contributed by atoms with Gasteiger partial charge < -0.3 is 10.3 Å². The molecule has 1 aliphatic heterocycles. The first kappa shape index (κ1) is 17.7. The molecule has 8 heteroatoms. The number of H-pyrrole nitrogens is 1. The molecule has 0 atom stereocenters. The van der Waals surface area contributed by atoms with Crippen LogP contribution < -0.4 is 5.32 Å². The van der Waals surface area contributed by atoms with Crippen molar-refractivity contribution in [3.8, 4) is 0 Å². The number of aromatic nitrogens is 2. The van der Waals surface area contributed by atoms with Crippen molar-refractivity contribution in [1.29, 1.82) is 0 Å². The highest BCUT2D eigenvalue weighted by Crippen LogP contribution is 2.22. The van der Waals surface area contributed by atoms with Crippen LogP contribution in [0.2, 0.25) is 0 Å². The van der Waals surface area contributed by atoms with Gasteiger partial charge in [0, 0.05) is 24.3 Å². The molecule has 27 heavy (non-hydrogen) atoms. The fourth-order valence-corrected chi connectivity index (χ4v) is 4.76. The zero-order chi connectivity index (χ0) is 18.9. The fourth-order valence-electron chi connectivity index (χ4n) is 3.24. The van der Waals surface area contributed by atoms with Crippen LogP contribution in [0, 0.1) is 0 Å². The van der Waals surface area contributed by atoms with E-state index in [1.54, 1.807) is 36.7 Å². The minimum atomic E-state index is -3.47. The van der Waals surface area contributed by atoms with E-state index in [1.807, 2.05) is 0 Å². The Morgan fingerprint density at radius 1 is 1.04 bits per heavy atom. The lowest BCUT2D eigenvalue weighted by Gasteiger charge is -2.25. The molecule has 0 saturated carbocycles. The first-order valence-corrected chi connectivity index (χ1v) is 10.3. The van der Waals surface area contributed by atoms with Gasteiger partial charge in [0.25, 0.3) is 5.91 Å². The quantitative estimate of drug-likeness (QED) is 0.723. The number of hydrogen-bond donors (Lipinski definition) is 2. The number of amides is 1. The van der Waals surface area contributed by atoms with E-state index in [0.717, 1.165) is 30.3 Å². The van der Waals surface area contributed by atoms with Crippen LogP contribution in [-0.4, -0.2) is 41.7 Å². The highest BCUT2D eigenvalue weighted by molar-refractivity contribution is 7.89. The summed E-state index contributed by atoms with van der Waals surface area (Å²) in [7, 11) is -3.47. The van der Waals surface area contributed by atoms with Crippen LogP contribution in [0.25, 0.3) is 11.0 Å². The number of anilines is 1. The van der Waals surface area contributed by atoms with Crippen molar-refractivity contribution in [3.63, 3.8) is 0 Å². The Kier molecular flexibility index (Phi) is 4.67. The smallest absolute Gasteiger partial charge is 0.255 e. The van der Waals surface area contributed by atoms with E-state index in [9.17, 15) is 13.2 Å². The summed E-state index contributed by atoms with van der Waals surface area (Å²) in [5, 5.41) is 2.79. The first-order chi connectivity index (χ1) is 13.0. The number of fused-ring (bicyclic) bond motifs is 1. The Bertz CT molecular complexity index is 1070. The number of benzene rings is 2. The third-order valence-electron chi connectivity index (χ3n) is 4.75. The van der Waals surface area contributed by atoms with Gasteiger partial charge in [-0.25, -0.2) is 13.4 Å². The molecular weight excluding hydrogens is 364 g/mol. The number of aromatic amines is 1. The summed E-state index contributed by atoms with van der Waals surface area (Å²) in [6.07, 6.45) is 4.44. The van der Waals surface area contributed by atoms with E-state index in [1.165, 1.54) is 16.4 Å². The van der Waals surface area contributed by atoms with E-state index in [-0.39, 0.29) is 10.8 Å². The maximum atomic E-state index is 12.7. The third kappa shape index (κ3) is 3.58. The number of nitrogens with zero attached hydrogens (tertiary/aromatic N) is 2. The molecule has 7 nitrogen and oxygen atoms in total. The lowest BCUT2D eigenvalue weighted by atomic mass is 10.2. The second-order valence-corrected chi connectivity index (χ2v) is 8.52. The van der Waals surface area contributed by atoms with Crippen molar-refractivity contribution in [2.45, 2.75) is 24.2 Å². The Morgan fingerprint density at radius 2 is 1.78 bits per heavy atom. The van der Waals surface area contributed by atoms with Crippen molar-refractivity contribution in [1.82, 2.24) is 14.3 Å². The van der Waals surface area contributed by atoms with Crippen LogP contribution in [0.15, 0.2) is 53.7 Å². The van der Waals surface area contributed by atoms with Gasteiger partial charge in [0.2, 0.25) is 10.0 Å². The number of nitrogens with one attached hydrogen (secondary N) is 2. The van der Waals surface area contributed by atoms with Crippen LogP contribution in [0.5, 0.6) is 0 Å². The van der Waals surface area contributed by atoms with Gasteiger partial charge in [0.1, 0.15) is 0 Å². The van der Waals surface area contributed by atoms with Gasteiger partial charge in [-0.1, -0.05) is 6.42 Å². The summed E-state index contributed by atoms with van der Waals surface area (Å²) < 4.78 is 26.9. The van der Waals surface area contributed by atoms with Gasteiger partial charge in [0.05, 0.1) is 22.3 Å². The van der Waals surface area contributed by atoms with E-state index >= 15 is 0 Å². The maximum Gasteiger partial charge on any atom is 0.255 e. The number of piperidine rings is 1. The lowest BCUT2D eigenvalue weighted by molar-refractivity contribution is 0.102. The minimum Gasteiger partial charge on any atom is -0.345 e. The third-order valence-corrected chi connectivity index (χ3v) is 6.66. The Labute approximate surface area is 157 Å². The molecule has 0 spiro atoms. The Morgan fingerprint density at radius 3 is 2.52 bits per heavy atom. The molecule has 0 unspecified atom stereocenters. The van der Waals surface area contributed by atoms with Crippen LogP contribution in [0.3, 0.4) is 0 Å². The first-order valence-electron chi connectivity index (χ1n) is 8.89. The molecule has 0 bridgehead atoms. The second-order valence-electron chi connectivity index (χ2n) is 6.58. The molecule has 0 aliphatic carbocycles. The van der Waals surface area contributed by atoms with Crippen molar-refractivity contribution < 1.29 is 13.2 Å². The summed E-state index contributed by atoms with van der Waals surface area (Å²) in [4.78, 5) is 19.8. The standard InChI is InChI=1S/C19H20N4O3S/c24-19(14-4-9-17-18(12-14)21-13-20-17)22-15-5-7-16(8-6-15)27(25,26)23-10-2-1-3-11-23/h4-9,12-13H,1-3,10-11H2,(H,20,21)(H,22,24). The molecule has 140 valence electrons. The summed E-state index contributed by atoms with van der Waals surface area (Å²) in [6, 6.07) is 11.5. The average Bonchev–Trinajstić information content (AvgIpc) is 3.17. The molecule has 1 fully saturated rings. The van der Waals surface area contributed by atoms with Crippen LogP contribution in [0.4, 0.5) is 5.69 Å². The van der Waals surface area contributed by atoms with Crippen molar-refractivity contribution in [2.75, 3.05) is 18.4 Å². The predicted molar refractivity (Wildman–Crippen MR) is 103 cm³/mol. The molecule has 4 rings (SSSR count). The van der Waals surface area contributed by atoms with Crippen molar-refractivity contribution >= 4 is 32.7 Å². The Balaban J connectivity index is 1.49. The normalized spacial score (nSPS) is 15.7. The van der Waals surface area contributed by atoms with Crippen molar-refractivity contribution in [3.05, 3.63) is 54.4 Å². The Hall–Kier alpha value is -2.71. The van der Waals surface area contributed by atoms with Crippen molar-refractivity contribution in [2.24, 2.45) is 0 Å². The second kappa shape index (κ2) is 7.13. The molecule has 1 saturated heterocycles. The van der Waals surface area contributed by atoms with Gasteiger partial charge in [0.15, 0.2) is 0 Å². The fraction of sp³-hybridized carbons (Fsp3) is 0.263. The summed E-state index contributed by atoms with van der Waals surface area (Å²) in [5.41, 5.74) is 2.61. The summed E-state index contributed by atoms with van der Waals surface area (Å²) >= 11 is 0. The zero-order valence-electron chi connectivity index (χ0n) is 14.7. The molecular formula is C19H20N4O3S.